The van der Waals surface area contributed by atoms with Crippen molar-refractivity contribution < 1.29 is 9.59 Å². The number of aromatic nitrogens is 1. The molecular weight excluding hydrogens is 342 g/mol. The third-order valence-corrected chi connectivity index (χ3v) is 6.00. The minimum Gasteiger partial charge on any atom is -0.342 e. The Morgan fingerprint density at radius 1 is 1.15 bits per heavy atom. The highest BCUT2D eigenvalue weighted by molar-refractivity contribution is 6.06. The second-order valence-electron chi connectivity index (χ2n) is 7.73. The van der Waals surface area contributed by atoms with Gasteiger partial charge in [-0.2, -0.15) is 0 Å². The summed E-state index contributed by atoms with van der Waals surface area (Å²) in [7, 11) is 0. The van der Waals surface area contributed by atoms with Gasteiger partial charge in [-0.3, -0.25) is 14.4 Å². The van der Waals surface area contributed by atoms with Crippen molar-refractivity contribution in [2.45, 2.75) is 32.6 Å². The second-order valence-corrected chi connectivity index (χ2v) is 7.73. The zero-order valence-electron chi connectivity index (χ0n) is 15.7. The van der Waals surface area contributed by atoms with Crippen LogP contribution in [0.4, 0.5) is 0 Å². The molecule has 2 saturated heterocycles. The van der Waals surface area contributed by atoms with Gasteiger partial charge in [0.25, 0.3) is 11.5 Å². The van der Waals surface area contributed by atoms with Gasteiger partial charge in [-0.05, 0) is 31.7 Å². The first-order valence-corrected chi connectivity index (χ1v) is 9.75. The van der Waals surface area contributed by atoms with Crippen molar-refractivity contribution >= 4 is 22.6 Å². The van der Waals surface area contributed by atoms with E-state index in [4.69, 9.17) is 0 Å². The standard InChI is InChI=1S/C21H25N3O3/c1-2-10-23-11-5-8-21(20(23)27)9-12-24(14-21)19(26)17-13-22-18(25)16-7-4-3-6-15(16)17/h3-4,6-7,13H,2,5,8-12,14H2,1H3,(H,22,25)/t21-/m1/s1. The number of amides is 2. The molecule has 6 heteroatoms. The molecule has 2 aromatic rings. The Morgan fingerprint density at radius 3 is 2.70 bits per heavy atom. The molecule has 2 fully saturated rings. The predicted octanol–water partition coefficient (Wildman–Crippen LogP) is 2.39. The number of pyridine rings is 1. The Hall–Kier alpha value is -2.63. The van der Waals surface area contributed by atoms with E-state index in [1.54, 1.807) is 23.1 Å². The van der Waals surface area contributed by atoms with Gasteiger partial charge in [-0.25, -0.2) is 0 Å². The zero-order valence-corrected chi connectivity index (χ0v) is 15.7. The van der Waals surface area contributed by atoms with Gasteiger partial charge in [0.1, 0.15) is 0 Å². The number of carbonyl (C=O) groups is 2. The van der Waals surface area contributed by atoms with Gasteiger partial charge in [-0.1, -0.05) is 25.1 Å². The van der Waals surface area contributed by atoms with Gasteiger partial charge < -0.3 is 14.8 Å². The molecule has 0 aliphatic carbocycles. The summed E-state index contributed by atoms with van der Waals surface area (Å²) in [5.41, 5.74) is -0.130. The molecule has 2 aliphatic heterocycles. The van der Waals surface area contributed by atoms with Crippen LogP contribution >= 0.6 is 0 Å². The molecule has 3 heterocycles. The molecular formula is C21H25N3O3. The van der Waals surface area contributed by atoms with Crippen LogP contribution in [0.3, 0.4) is 0 Å². The molecule has 0 unspecified atom stereocenters. The highest BCUT2D eigenvalue weighted by Crippen LogP contribution is 2.40. The van der Waals surface area contributed by atoms with Crippen molar-refractivity contribution in [2.75, 3.05) is 26.2 Å². The average molecular weight is 367 g/mol. The van der Waals surface area contributed by atoms with Gasteiger partial charge in [0.05, 0.1) is 11.0 Å². The highest BCUT2D eigenvalue weighted by Gasteiger charge is 2.49. The van der Waals surface area contributed by atoms with Crippen molar-refractivity contribution in [3.8, 4) is 0 Å². The molecule has 2 aliphatic rings. The maximum Gasteiger partial charge on any atom is 0.256 e. The maximum atomic E-state index is 13.2. The van der Waals surface area contributed by atoms with Crippen molar-refractivity contribution in [3.63, 3.8) is 0 Å². The Bertz CT molecular complexity index is 949. The van der Waals surface area contributed by atoms with Crippen LogP contribution in [-0.4, -0.2) is 52.8 Å². The number of H-pyrrole nitrogens is 1. The van der Waals surface area contributed by atoms with E-state index in [1.165, 1.54) is 6.20 Å². The number of aromatic amines is 1. The van der Waals surface area contributed by atoms with Gasteiger partial charge in [0.2, 0.25) is 5.91 Å². The molecule has 1 spiro atoms. The Morgan fingerprint density at radius 2 is 1.93 bits per heavy atom. The number of piperidine rings is 1. The van der Waals surface area contributed by atoms with Crippen LogP contribution < -0.4 is 5.56 Å². The normalized spacial score (nSPS) is 22.8. The van der Waals surface area contributed by atoms with Crippen molar-refractivity contribution in [2.24, 2.45) is 5.41 Å². The largest absolute Gasteiger partial charge is 0.342 e. The number of likely N-dealkylation sites (tertiary alicyclic amines) is 2. The first kappa shape index (κ1) is 17.8. The van der Waals surface area contributed by atoms with Crippen LogP contribution in [0, 0.1) is 5.41 Å². The first-order chi connectivity index (χ1) is 13.1. The average Bonchev–Trinajstić information content (AvgIpc) is 3.11. The number of benzene rings is 1. The smallest absolute Gasteiger partial charge is 0.256 e. The molecule has 0 saturated carbocycles. The van der Waals surface area contributed by atoms with Crippen molar-refractivity contribution in [3.05, 3.63) is 46.4 Å². The predicted molar refractivity (Wildman–Crippen MR) is 104 cm³/mol. The second kappa shape index (κ2) is 6.83. The summed E-state index contributed by atoms with van der Waals surface area (Å²) in [6.45, 7) is 4.75. The summed E-state index contributed by atoms with van der Waals surface area (Å²) in [4.78, 5) is 44.7. The van der Waals surface area contributed by atoms with E-state index in [0.717, 1.165) is 38.8 Å². The number of rotatable bonds is 3. The number of carbonyl (C=O) groups excluding carboxylic acids is 2. The van der Waals surface area contributed by atoms with Gasteiger partial charge in [0.15, 0.2) is 0 Å². The van der Waals surface area contributed by atoms with E-state index in [2.05, 4.69) is 11.9 Å². The summed E-state index contributed by atoms with van der Waals surface area (Å²) in [5.74, 6) is 0.0944. The zero-order chi connectivity index (χ0) is 19.0. The number of fused-ring (bicyclic) bond motifs is 1. The Labute approximate surface area is 158 Å². The van der Waals surface area contributed by atoms with E-state index in [9.17, 15) is 14.4 Å². The van der Waals surface area contributed by atoms with Crippen molar-refractivity contribution in [1.29, 1.82) is 0 Å². The van der Waals surface area contributed by atoms with Crippen LogP contribution in [0.2, 0.25) is 0 Å². The molecule has 1 atom stereocenters. The Balaban J connectivity index is 1.61. The molecule has 4 rings (SSSR count). The van der Waals surface area contributed by atoms with E-state index in [0.29, 0.717) is 29.4 Å². The van der Waals surface area contributed by atoms with Gasteiger partial charge in [-0.15, -0.1) is 0 Å². The third-order valence-electron chi connectivity index (χ3n) is 6.00. The fraction of sp³-hybridized carbons (Fsp3) is 0.476. The van der Waals surface area contributed by atoms with Crippen LogP contribution in [-0.2, 0) is 4.79 Å². The van der Waals surface area contributed by atoms with Gasteiger partial charge in [0, 0.05) is 43.1 Å². The van der Waals surface area contributed by atoms with Crippen LogP contribution in [0.5, 0.6) is 0 Å². The molecule has 6 nitrogen and oxygen atoms in total. The molecule has 0 radical (unpaired) electrons. The number of hydrogen-bond donors (Lipinski definition) is 1. The minimum atomic E-state index is -0.429. The maximum absolute atomic E-state index is 13.2. The lowest BCUT2D eigenvalue weighted by molar-refractivity contribution is -0.145. The fourth-order valence-electron chi connectivity index (χ4n) is 4.62. The first-order valence-electron chi connectivity index (χ1n) is 9.75. The topological polar surface area (TPSA) is 73.5 Å². The molecule has 1 aromatic carbocycles. The van der Waals surface area contributed by atoms with Crippen LogP contribution in [0.1, 0.15) is 43.0 Å². The molecule has 0 bridgehead atoms. The summed E-state index contributed by atoms with van der Waals surface area (Å²) in [6, 6.07) is 7.15. The fourth-order valence-corrected chi connectivity index (χ4v) is 4.62. The lowest BCUT2D eigenvalue weighted by atomic mass is 9.78. The summed E-state index contributed by atoms with van der Waals surface area (Å²) in [5, 5.41) is 1.18. The number of nitrogens with zero attached hydrogens (tertiary/aromatic N) is 2. The molecule has 1 N–H and O–H groups in total. The number of hydrogen-bond acceptors (Lipinski definition) is 3. The van der Waals surface area contributed by atoms with E-state index in [1.807, 2.05) is 11.0 Å². The minimum absolute atomic E-state index is 0.111. The van der Waals surface area contributed by atoms with E-state index < -0.39 is 5.41 Å². The lowest BCUT2D eigenvalue weighted by Crippen LogP contribution is -2.50. The van der Waals surface area contributed by atoms with Crippen LogP contribution in [0.25, 0.3) is 10.8 Å². The van der Waals surface area contributed by atoms with E-state index >= 15 is 0 Å². The van der Waals surface area contributed by atoms with Crippen LogP contribution in [0.15, 0.2) is 35.3 Å². The highest BCUT2D eigenvalue weighted by atomic mass is 16.2. The van der Waals surface area contributed by atoms with Crippen molar-refractivity contribution in [1.82, 2.24) is 14.8 Å². The Kier molecular flexibility index (Phi) is 4.50. The monoisotopic (exact) mass is 367 g/mol. The van der Waals surface area contributed by atoms with E-state index in [-0.39, 0.29) is 17.4 Å². The summed E-state index contributed by atoms with van der Waals surface area (Å²) >= 11 is 0. The molecule has 2 amide bonds. The SMILES string of the molecule is CCCN1CCC[C@]2(CCN(C(=O)c3c[nH]c(=O)c4ccccc34)C2)C1=O. The van der Waals surface area contributed by atoms with Gasteiger partial charge >= 0.3 is 0 Å². The molecule has 1 aromatic heterocycles. The quantitative estimate of drug-likeness (QED) is 0.905. The molecule has 142 valence electrons. The lowest BCUT2D eigenvalue weighted by Gasteiger charge is -2.39. The molecule has 27 heavy (non-hydrogen) atoms. The number of nitrogens with one attached hydrogen (secondary N) is 1. The third kappa shape index (κ3) is 2.93. The summed E-state index contributed by atoms with van der Waals surface area (Å²) in [6.07, 6.45) is 5.02. The summed E-state index contributed by atoms with van der Waals surface area (Å²) < 4.78 is 0.